The molecule has 2 saturated heterocycles. The summed E-state index contributed by atoms with van der Waals surface area (Å²) in [4.78, 5) is 13.5. The van der Waals surface area contributed by atoms with Gasteiger partial charge in [0, 0.05) is 38.4 Å². The van der Waals surface area contributed by atoms with E-state index in [-0.39, 0.29) is 35.8 Å². The quantitative estimate of drug-likeness (QED) is 0.247. The maximum absolute atomic E-state index is 13.9. The molecule has 2 aliphatic heterocycles. The third-order valence-electron chi connectivity index (χ3n) is 5.26. The van der Waals surface area contributed by atoms with E-state index in [1.165, 1.54) is 45.0 Å². The van der Waals surface area contributed by atoms with Gasteiger partial charge in [0.2, 0.25) is 0 Å². The van der Waals surface area contributed by atoms with Gasteiger partial charge in [0.1, 0.15) is 0 Å². The SMILES string of the molecule is CCNC(=NCCCCN1CCCC1)NC1CCN(c2ncccc2F)C1.I. The van der Waals surface area contributed by atoms with Gasteiger partial charge >= 0.3 is 0 Å². The molecule has 158 valence electrons. The predicted octanol–water partition coefficient (Wildman–Crippen LogP) is 2.85. The first-order valence-corrected chi connectivity index (χ1v) is 10.4. The highest BCUT2D eigenvalue weighted by Crippen LogP contribution is 2.20. The van der Waals surface area contributed by atoms with Gasteiger partial charge in [-0.05, 0) is 70.8 Å². The van der Waals surface area contributed by atoms with Crippen molar-refractivity contribution < 1.29 is 4.39 Å². The fraction of sp³-hybridized carbons (Fsp3) is 0.700. The topological polar surface area (TPSA) is 55.8 Å². The molecular weight excluding hydrogens is 470 g/mol. The van der Waals surface area contributed by atoms with Crippen LogP contribution in [0.5, 0.6) is 0 Å². The summed E-state index contributed by atoms with van der Waals surface area (Å²) in [5.74, 6) is 1.06. The molecule has 2 fully saturated rings. The number of pyridine rings is 1. The molecule has 3 rings (SSSR count). The number of guanidine groups is 1. The molecule has 2 N–H and O–H groups in total. The Hall–Kier alpha value is -1.16. The molecule has 28 heavy (non-hydrogen) atoms. The largest absolute Gasteiger partial charge is 0.357 e. The molecule has 0 aliphatic carbocycles. The van der Waals surface area contributed by atoms with E-state index in [0.29, 0.717) is 5.82 Å². The molecular formula is C20H34FIN6. The van der Waals surface area contributed by atoms with Crippen LogP contribution in [0.1, 0.15) is 39.0 Å². The lowest BCUT2D eigenvalue weighted by atomic mass is 10.3. The first kappa shape index (κ1) is 23.1. The van der Waals surface area contributed by atoms with Crippen LogP contribution in [0, 0.1) is 5.82 Å². The minimum atomic E-state index is -0.253. The number of aliphatic imine (C=N–C) groups is 1. The number of aromatic nitrogens is 1. The van der Waals surface area contributed by atoms with Gasteiger partial charge in [-0.3, -0.25) is 4.99 Å². The van der Waals surface area contributed by atoms with Crippen LogP contribution in [-0.4, -0.2) is 67.7 Å². The second-order valence-electron chi connectivity index (χ2n) is 7.40. The van der Waals surface area contributed by atoms with E-state index < -0.39 is 0 Å². The number of likely N-dealkylation sites (tertiary alicyclic amines) is 1. The van der Waals surface area contributed by atoms with Crippen LogP contribution in [-0.2, 0) is 0 Å². The molecule has 0 amide bonds. The van der Waals surface area contributed by atoms with E-state index in [2.05, 4.69) is 27.4 Å². The summed E-state index contributed by atoms with van der Waals surface area (Å²) in [6, 6.07) is 3.36. The van der Waals surface area contributed by atoms with Crippen LogP contribution in [0.4, 0.5) is 10.2 Å². The molecule has 3 heterocycles. The molecule has 8 heteroatoms. The number of nitrogens with zero attached hydrogens (tertiary/aromatic N) is 4. The Morgan fingerprint density at radius 2 is 2.11 bits per heavy atom. The van der Waals surface area contributed by atoms with Crippen molar-refractivity contribution in [3.8, 4) is 0 Å². The number of hydrogen-bond donors (Lipinski definition) is 2. The van der Waals surface area contributed by atoms with E-state index in [9.17, 15) is 4.39 Å². The summed E-state index contributed by atoms with van der Waals surface area (Å²) in [6.45, 7) is 9.04. The maximum Gasteiger partial charge on any atom is 0.191 e. The third kappa shape index (κ3) is 7.02. The molecule has 1 aromatic heterocycles. The van der Waals surface area contributed by atoms with Crippen molar-refractivity contribution in [1.82, 2.24) is 20.5 Å². The van der Waals surface area contributed by atoms with E-state index in [0.717, 1.165) is 45.0 Å². The predicted molar refractivity (Wildman–Crippen MR) is 124 cm³/mol. The van der Waals surface area contributed by atoms with Crippen molar-refractivity contribution in [2.24, 2.45) is 4.99 Å². The Morgan fingerprint density at radius 3 is 2.86 bits per heavy atom. The zero-order chi connectivity index (χ0) is 18.9. The summed E-state index contributed by atoms with van der Waals surface area (Å²) < 4.78 is 13.9. The zero-order valence-electron chi connectivity index (χ0n) is 16.9. The number of nitrogens with one attached hydrogen (secondary N) is 2. The minimum Gasteiger partial charge on any atom is -0.357 e. The standard InChI is InChI=1S/C20H33FN6.HI/c1-2-22-20(24-10-3-4-12-26-13-5-6-14-26)25-17-9-15-27(16-17)19-18(21)8-7-11-23-19;/h7-8,11,17H,2-6,9-10,12-16H2,1H3,(H2,22,24,25);1H. The lowest BCUT2D eigenvalue weighted by Crippen LogP contribution is -2.44. The molecule has 0 radical (unpaired) electrons. The summed E-state index contributed by atoms with van der Waals surface area (Å²) >= 11 is 0. The van der Waals surface area contributed by atoms with Crippen molar-refractivity contribution in [1.29, 1.82) is 0 Å². The highest BCUT2D eigenvalue weighted by Gasteiger charge is 2.25. The minimum absolute atomic E-state index is 0. The van der Waals surface area contributed by atoms with Crippen molar-refractivity contribution in [3.63, 3.8) is 0 Å². The van der Waals surface area contributed by atoms with Crippen LogP contribution in [0.3, 0.4) is 0 Å². The van der Waals surface area contributed by atoms with Crippen LogP contribution < -0.4 is 15.5 Å². The maximum atomic E-state index is 13.9. The fourth-order valence-electron chi connectivity index (χ4n) is 3.84. The number of hydrogen-bond acceptors (Lipinski definition) is 4. The lowest BCUT2D eigenvalue weighted by molar-refractivity contribution is 0.331. The average Bonchev–Trinajstić information content (AvgIpc) is 3.34. The summed E-state index contributed by atoms with van der Waals surface area (Å²) in [6.07, 6.45) is 7.63. The second-order valence-corrected chi connectivity index (χ2v) is 7.40. The van der Waals surface area contributed by atoms with Gasteiger partial charge in [-0.1, -0.05) is 0 Å². The van der Waals surface area contributed by atoms with E-state index in [1.54, 1.807) is 12.3 Å². The first-order chi connectivity index (χ1) is 13.3. The molecule has 0 saturated carbocycles. The molecule has 1 unspecified atom stereocenters. The number of rotatable bonds is 8. The van der Waals surface area contributed by atoms with Crippen LogP contribution in [0.15, 0.2) is 23.3 Å². The summed E-state index contributed by atoms with van der Waals surface area (Å²) in [5.41, 5.74) is 0. The van der Waals surface area contributed by atoms with Gasteiger partial charge in [0.25, 0.3) is 0 Å². The first-order valence-electron chi connectivity index (χ1n) is 10.4. The van der Waals surface area contributed by atoms with Crippen LogP contribution >= 0.6 is 24.0 Å². The Kier molecular flexibility index (Phi) is 10.3. The van der Waals surface area contributed by atoms with Gasteiger partial charge in [0.05, 0.1) is 0 Å². The third-order valence-corrected chi connectivity index (χ3v) is 5.26. The van der Waals surface area contributed by atoms with Crippen LogP contribution in [0.2, 0.25) is 0 Å². The second kappa shape index (κ2) is 12.4. The summed E-state index contributed by atoms with van der Waals surface area (Å²) in [7, 11) is 0. The van der Waals surface area contributed by atoms with Crippen molar-refractivity contribution in [3.05, 3.63) is 24.1 Å². The molecule has 2 aliphatic rings. The van der Waals surface area contributed by atoms with Gasteiger partial charge in [-0.25, -0.2) is 9.37 Å². The van der Waals surface area contributed by atoms with Gasteiger partial charge in [-0.2, -0.15) is 0 Å². The number of halogens is 2. The normalized spacial score (nSPS) is 20.3. The molecule has 0 aromatic carbocycles. The highest BCUT2D eigenvalue weighted by atomic mass is 127. The van der Waals surface area contributed by atoms with Crippen molar-refractivity contribution >= 4 is 35.8 Å². The molecule has 1 atom stereocenters. The Balaban J connectivity index is 0.00000280. The fourth-order valence-corrected chi connectivity index (χ4v) is 3.84. The molecule has 1 aromatic rings. The van der Waals surface area contributed by atoms with E-state index >= 15 is 0 Å². The molecule has 6 nitrogen and oxygen atoms in total. The highest BCUT2D eigenvalue weighted by molar-refractivity contribution is 14.0. The van der Waals surface area contributed by atoms with Crippen molar-refractivity contribution in [2.45, 2.75) is 45.1 Å². The van der Waals surface area contributed by atoms with Crippen molar-refractivity contribution in [2.75, 3.05) is 50.7 Å². The number of unbranched alkanes of at least 4 members (excludes halogenated alkanes) is 1. The van der Waals surface area contributed by atoms with Gasteiger partial charge in [-0.15, -0.1) is 24.0 Å². The van der Waals surface area contributed by atoms with Gasteiger partial charge < -0.3 is 20.4 Å². The smallest absolute Gasteiger partial charge is 0.191 e. The summed E-state index contributed by atoms with van der Waals surface area (Å²) in [5, 5.41) is 6.83. The average molecular weight is 504 g/mol. The Bertz CT molecular complexity index is 608. The van der Waals surface area contributed by atoms with Gasteiger partial charge in [0.15, 0.2) is 17.6 Å². The molecule has 0 spiro atoms. The Labute approximate surface area is 185 Å². The number of anilines is 1. The lowest BCUT2D eigenvalue weighted by Gasteiger charge is -2.20. The zero-order valence-corrected chi connectivity index (χ0v) is 19.2. The van der Waals surface area contributed by atoms with Crippen LogP contribution in [0.25, 0.3) is 0 Å². The van der Waals surface area contributed by atoms with E-state index in [1.807, 2.05) is 4.90 Å². The van der Waals surface area contributed by atoms with E-state index in [4.69, 9.17) is 4.99 Å². The molecule has 0 bridgehead atoms. The monoisotopic (exact) mass is 504 g/mol. The Morgan fingerprint density at radius 1 is 1.29 bits per heavy atom.